The van der Waals surface area contributed by atoms with Gasteiger partial charge in [0.25, 0.3) is 5.91 Å². The Bertz CT molecular complexity index is 341. The minimum atomic E-state index is -0.0311. The van der Waals surface area contributed by atoms with Crippen molar-refractivity contribution in [1.82, 2.24) is 20.2 Å². The van der Waals surface area contributed by atoms with Gasteiger partial charge in [0.1, 0.15) is 5.69 Å². The molecule has 1 N–H and O–H groups in total. The summed E-state index contributed by atoms with van der Waals surface area (Å²) in [5.74, 6) is -0.0311. The summed E-state index contributed by atoms with van der Waals surface area (Å²) in [6, 6.07) is 0.347. The Hall–Kier alpha value is -1.49. The van der Waals surface area contributed by atoms with Gasteiger partial charge in [0.2, 0.25) is 0 Å². The van der Waals surface area contributed by atoms with E-state index in [2.05, 4.69) is 22.2 Å². The van der Waals surface area contributed by atoms with Gasteiger partial charge in [0.05, 0.1) is 6.20 Å². The Labute approximate surface area is 88.5 Å². The first kappa shape index (κ1) is 10.0. The minimum absolute atomic E-state index is 0.0311. The second kappa shape index (κ2) is 4.35. The third-order valence-corrected chi connectivity index (χ3v) is 2.44. The van der Waals surface area contributed by atoms with Gasteiger partial charge < -0.3 is 10.2 Å². The minimum Gasteiger partial charge on any atom is -0.334 e. The van der Waals surface area contributed by atoms with E-state index in [9.17, 15) is 4.79 Å². The maximum absolute atomic E-state index is 11.9. The Morgan fingerprint density at radius 2 is 2.47 bits per heavy atom. The van der Waals surface area contributed by atoms with Gasteiger partial charge in [-0.15, -0.1) is 0 Å². The molecule has 1 amide bonds. The zero-order chi connectivity index (χ0) is 10.7. The average molecular weight is 206 g/mol. The summed E-state index contributed by atoms with van der Waals surface area (Å²) < 4.78 is 0. The van der Waals surface area contributed by atoms with Crippen molar-refractivity contribution in [3.63, 3.8) is 0 Å². The first-order chi connectivity index (χ1) is 7.27. The van der Waals surface area contributed by atoms with Gasteiger partial charge in [-0.1, -0.05) is 0 Å². The average Bonchev–Trinajstić information content (AvgIpc) is 2.29. The normalized spacial score (nSPS) is 21.4. The Kier molecular flexibility index (Phi) is 2.91. The summed E-state index contributed by atoms with van der Waals surface area (Å²) in [4.78, 5) is 21.7. The summed E-state index contributed by atoms with van der Waals surface area (Å²) in [6.07, 6.45) is 4.62. The van der Waals surface area contributed by atoms with Crippen LogP contribution in [0, 0.1) is 0 Å². The molecule has 15 heavy (non-hydrogen) atoms. The van der Waals surface area contributed by atoms with Gasteiger partial charge in [-0.05, 0) is 6.92 Å². The largest absolute Gasteiger partial charge is 0.334 e. The molecule has 2 rings (SSSR count). The first-order valence-electron chi connectivity index (χ1n) is 5.06. The van der Waals surface area contributed by atoms with E-state index in [1.54, 1.807) is 12.4 Å². The highest BCUT2D eigenvalue weighted by Gasteiger charge is 2.22. The predicted molar refractivity (Wildman–Crippen MR) is 55.4 cm³/mol. The van der Waals surface area contributed by atoms with Gasteiger partial charge in [0, 0.05) is 38.1 Å². The Morgan fingerprint density at radius 3 is 3.13 bits per heavy atom. The van der Waals surface area contributed by atoms with Crippen LogP contribution in [-0.2, 0) is 0 Å². The van der Waals surface area contributed by atoms with E-state index in [0.717, 1.165) is 19.6 Å². The molecule has 1 saturated heterocycles. The third kappa shape index (κ3) is 2.30. The Morgan fingerprint density at radius 1 is 1.60 bits per heavy atom. The highest BCUT2D eigenvalue weighted by atomic mass is 16.2. The fourth-order valence-corrected chi connectivity index (χ4v) is 1.69. The van der Waals surface area contributed by atoms with Crippen LogP contribution in [-0.4, -0.2) is 46.5 Å². The van der Waals surface area contributed by atoms with Crippen LogP contribution < -0.4 is 5.32 Å². The predicted octanol–water partition coefficient (Wildman–Crippen LogP) is -0.0895. The number of carbonyl (C=O) groups excluding carboxylic acids is 1. The highest BCUT2D eigenvalue weighted by Crippen LogP contribution is 2.04. The van der Waals surface area contributed by atoms with Crippen LogP contribution in [0.15, 0.2) is 18.6 Å². The van der Waals surface area contributed by atoms with Crippen LogP contribution in [0.5, 0.6) is 0 Å². The molecule has 1 atom stereocenters. The molecule has 1 aromatic heterocycles. The van der Waals surface area contributed by atoms with Crippen LogP contribution >= 0.6 is 0 Å². The lowest BCUT2D eigenvalue weighted by atomic mass is 10.2. The fraction of sp³-hybridized carbons (Fsp3) is 0.500. The monoisotopic (exact) mass is 206 g/mol. The molecule has 0 radical (unpaired) electrons. The number of carbonyl (C=O) groups is 1. The molecule has 0 saturated carbocycles. The smallest absolute Gasteiger partial charge is 0.274 e. The molecule has 5 nitrogen and oxygen atoms in total. The molecule has 1 aliphatic heterocycles. The van der Waals surface area contributed by atoms with Gasteiger partial charge >= 0.3 is 0 Å². The first-order valence-corrected chi connectivity index (χ1v) is 5.06. The zero-order valence-electron chi connectivity index (χ0n) is 8.68. The SMILES string of the molecule is C[C@@H]1CN(C(=O)c2cnccn2)CCN1. The molecule has 1 aromatic rings. The van der Waals surface area contributed by atoms with E-state index < -0.39 is 0 Å². The van der Waals surface area contributed by atoms with Gasteiger partial charge in [-0.25, -0.2) is 4.98 Å². The van der Waals surface area contributed by atoms with Crippen molar-refractivity contribution in [2.45, 2.75) is 13.0 Å². The number of amides is 1. The van der Waals surface area contributed by atoms with E-state index >= 15 is 0 Å². The van der Waals surface area contributed by atoms with E-state index in [1.807, 2.05) is 4.90 Å². The summed E-state index contributed by atoms with van der Waals surface area (Å²) in [5, 5.41) is 3.29. The van der Waals surface area contributed by atoms with Gasteiger partial charge in [-0.3, -0.25) is 9.78 Å². The molecule has 2 heterocycles. The number of aromatic nitrogens is 2. The summed E-state index contributed by atoms with van der Waals surface area (Å²) in [7, 11) is 0. The van der Waals surface area contributed by atoms with Crippen LogP contribution in [0.3, 0.4) is 0 Å². The fourth-order valence-electron chi connectivity index (χ4n) is 1.69. The molecule has 80 valence electrons. The number of rotatable bonds is 1. The quantitative estimate of drug-likeness (QED) is 0.697. The maximum Gasteiger partial charge on any atom is 0.274 e. The molecule has 0 aliphatic carbocycles. The van der Waals surface area contributed by atoms with Crippen LogP contribution in [0.1, 0.15) is 17.4 Å². The topological polar surface area (TPSA) is 58.1 Å². The van der Waals surface area contributed by atoms with E-state index in [1.165, 1.54) is 6.20 Å². The number of nitrogens with zero attached hydrogens (tertiary/aromatic N) is 3. The number of hydrogen-bond acceptors (Lipinski definition) is 4. The van der Waals surface area contributed by atoms with Crippen molar-refractivity contribution in [1.29, 1.82) is 0 Å². The van der Waals surface area contributed by atoms with E-state index in [0.29, 0.717) is 11.7 Å². The highest BCUT2D eigenvalue weighted by molar-refractivity contribution is 5.92. The maximum atomic E-state index is 11.9. The van der Waals surface area contributed by atoms with Crippen molar-refractivity contribution in [3.05, 3.63) is 24.3 Å². The molecule has 0 bridgehead atoms. The third-order valence-electron chi connectivity index (χ3n) is 2.44. The van der Waals surface area contributed by atoms with Gasteiger partial charge in [-0.2, -0.15) is 0 Å². The van der Waals surface area contributed by atoms with Crippen molar-refractivity contribution in [3.8, 4) is 0 Å². The summed E-state index contributed by atoms with van der Waals surface area (Å²) >= 11 is 0. The van der Waals surface area contributed by atoms with Crippen LogP contribution in [0.2, 0.25) is 0 Å². The standard InChI is InChI=1S/C10H14N4O/c1-8-7-14(5-4-12-8)10(15)9-6-11-2-3-13-9/h2-3,6,8,12H,4-5,7H2,1H3/t8-/m1/s1. The van der Waals surface area contributed by atoms with Crippen molar-refractivity contribution in [2.24, 2.45) is 0 Å². The molecule has 0 unspecified atom stereocenters. The second-order valence-electron chi connectivity index (χ2n) is 3.70. The summed E-state index contributed by atoms with van der Waals surface area (Å²) in [5.41, 5.74) is 0.423. The van der Waals surface area contributed by atoms with Crippen LogP contribution in [0.25, 0.3) is 0 Å². The number of piperazine rings is 1. The lowest BCUT2D eigenvalue weighted by Gasteiger charge is -2.31. The second-order valence-corrected chi connectivity index (χ2v) is 3.70. The van der Waals surface area contributed by atoms with Gasteiger partial charge in [0.15, 0.2) is 0 Å². The lowest BCUT2D eigenvalue weighted by Crippen LogP contribution is -2.51. The molecular weight excluding hydrogens is 192 g/mol. The van der Waals surface area contributed by atoms with Crippen LogP contribution in [0.4, 0.5) is 0 Å². The van der Waals surface area contributed by atoms with E-state index in [4.69, 9.17) is 0 Å². The Balaban J connectivity index is 2.08. The van der Waals surface area contributed by atoms with Crippen molar-refractivity contribution >= 4 is 5.91 Å². The van der Waals surface area contributed by atoms with Crippen molar-refractivity contribution in [2.75, 3.05) is 19.6 Å². The number of hydrogen-bond donors (Lipinski definition) is 1. The molecule has 1 aliphatic rings. The molecular formula is C10H14N4O. The molecule has 0 spiro atoms. The lowest BCUT2D eigenvalue weighted by molar-refractivity contribution is 0.0702. The summed E-state index contributed by atoms with van der Waals surface area (Å²) in [6.45, 7) is 4.37. The zero-order valence-corrected chi connectivity index (χ0v) is 8.68. The molecule has 0 aromatic carbocycles. The number of nitrogens with one attached hydrogen (secondary N) is 1. The van der Waals surface area contributed by atoms with E-state index in [-0.39, 0.29) is 5.91 Å². The molecule has 5 heteroatoms. The molecule has 1 fully saturated rings. The van der Waals surface area contributed by atoms with Crippen molar-refractivity contribution < 1.29 is 4.79 Å².